The van der Waals surface area contributed by atoms with Crippen LogP contribution in [0.15, 0.2) is 0 Å². The smallest absolute Gasteiger partial charge is 0.430 e. The molecule has 1 aromatic rings. The molecule has 0 unspecified atom stereocenters. The molecule has 0 atom stereocenters. The van der Waals surface area contributed by atoms with Gasteiger partial charge in [-0.25, -0.2) is 22.4 Å². The Morgan fingerprint density at radius 3 is 1.55 bits per heavy atom. The van der Waals surface area contributed by atoms with Crippen molar-refractivity contribution in [1.29, 1.82) is 0 Å². The van der Waals surface area contributed by atoms with E-state index in [1.165, 1.54) is 0 Å². The van der Waals surface area contributed by atoms with Crippen LogP contribution in [0.1, 0.15) is 15.9 Å². The monoisotopic (exact) mass is 342 g/mol. The summed E-state index contributed by atoms with van der Waals surface area (Å²) in [6, 6.07) is 0. The zero-order valence-corrected chi connectivity index (χ0v) is 9.60. The predicted octanol–water partition coefficient (Wildman–Crippen LogP) is 3.73. The lowest BCUT2D eigenvalue weighted by molar-refractivity contribution is -0.369. The molecule has 1 heterocycles. The average Bonchev–Trinajstić information content (AvgIpc) is 2.67. The second-order valence-electron chi connectivity index (χ2n) is 4.07. The molecule has 22 heavy (non-hydrogen) atoms. The van der Waals surface area contributed by atoms with E-state index in [1.807, 2.05) is 0 Å². The van der Waals surface area contributed by atoms with Crippen LogP contribution in [0.5, 0.6) is 0 Å². The van der Waals surface area contributed by atoms with Crippen LogP contribution in [-0.2, 0) is 10.3 Å². The maximum absolute atomic E-state index is 13.5. The fourth-order valence-electron chi connectivity index (χ4n) is 1.95. The number of fused-ring (bicyclic) bond motifs is 1. The average molecular weight is 342 g/mol. The summed E-state index contributed by atoms with van der Waals surface area (Å²) >= 11 is 0. The van der Waals surface area contributed by atoms with Crippen LogP contribution < -0.4 is 0 Å². The third-order valence-electron chi connectivity index (χ3n) is 2.87. The van der Waals surface area contributed by atoms with Gasteiger partial charge in [0.25, 0.3) is 0 Å². The third-order valence-corrected chi connectivity index (χ3v) is 2.87. The Morgan fingerprint density at radius 2 is 1.14 bits per heavy atom. The van der Waals surface area contributed by atoms with E-state index >= 15 is 0 Å². The quantitative estimate of drug-likeness (QED) is 0.311. The van der Waals surface area contributed by atoms with Crippen molar-refractivity contribution in [2.75, 3.05) is 0 Å². The first-order valence-electron chi connectivity index (χ1n) is 5.00. The normalized spacial score (nSPS) is 17.5. The molecule has 1 aliphatic heterocycles. The molecule has 122 valence electrons. The largest absolute Gasteiger partial charge is 0.442 e. The van der Waals surface area contributed by atoms with Gasteiger partial charge in [0.15, 0.2) is 23.3 Å². The van der Waals surface area contributed by atoms with Crippen LogP contribution in [0.25, 0.3) is 0 Å². The summed E-state index contributed by atoms with van der Waals surface area (Å²) < 4.78 is 133. The molecule has 0 aromatic heterocycles. The predicted molar refractivity (Wildman–Crippen MR) is 45.5 cm³/mol. The molecule has 0 fully saturated rings. The molecule has 0 saturated carbocycles. The number of cyclic esters (lactones) is 1. The van der Waals surface area contributed by atoms with Gasteiger partial charge in [-0.2, -0.15) is 26.3 Å². The number of esters is 1. The van der Waals surface area contributed by atoms with Crippen molar-refractivity contribution in [3.63, 3.8) is 0 Å². The number of alkyl halides is 6. The van der Waals surface area contributed by atoms with Gasteiger partial charge in [-0.15, -0.1) is 0 Å². The molecule has 0 saturated heterocycles. The Hall–Kier alpha value is -2.01. The Bertz CT molecular complexity index is 658. The Labute approximate surface area is 113 Å². The first-order valence-corrected chi connectivity index (χ1v) is 5.00. The third kappa shape index (κ3) is 1.72. The van der Waals surface area contributed by atoms with Gasteiger partial charge in [-0.05, 0) is 0 Å². The lowest BCUT2D eigenvalue weighted by Gasteiger charge is -2.32. The molecule has 1 aliphatic rings. The summed E-state index contributed by atoms with van der Waals surface area (Å²) in [5.74, 6) is -14.0. The minimum absolute atomic E-state index is 2.30. The SMILES string of the molecule is O=C1OC(C(F)(F)F)(C(F)(F)F)c2c(F)c(F)c(F)c(F)c21. The molecule has 0 aliphatic carbocycles. The molecule has 0 N–H and O–H groups in total. The summed E-state index contributed by atoms with van der Waals surface area (Å²) in [5.41, 5.74) is -10.7. The number of benzene rings is 1. The van der Waals surface area contributed by atoms with Gasteiger partial charge in [0.2, 0.25) is 0 Å². The maximum Gasteiger partial charge on any atom is 0.442 e. The summed E-state index contributed by atoms with van der Waals surface area (Å²) in [6.07, 6.45) is -13.0. The van der Waals surface area contributed by atoms with Crippen molar-refractivity contribution in [2.45, 2.75) is 18.0 Å². The second kappa shape index (κ2) is 4.26. The highest BCUT2D eigenvalue weighted by atomic mass is 19.4. The maximum atomic E-state index is 13.5. The van der Waals surface area contributed by atoms with Gasteiger partial charge in [-0.3, -0.25) is 0 Å². The van der Waals surface area contributed by atoms with E-state index in [0.29, 0.717) is 0 Å². The Morgan fingerprint density at radius 1 is 0.727 bits per heavy atom. The van der Waals surface area contributed by atoms with Crippen molar-refractivity contribution < 1.29 is 53.4 Å². The molecule has 0 spiro atoms. The van der Waals surface area contributed by atoms with Gasteiger partial charge in [-0.1, -0.05) is 0 Å². The lowest BCUT2D eigenvalue weighted by atomic mass is 9.89. The topological polar surface area (TPSA) is 26.3 Å². The molecule has 1 aromatic carbocycles. The summed E-state index contributed by atoms with van der Waals surface area (Å²) in [6.45, 7) is 0. The minimum atomic E-state index is -6.51. The number of rotatable bonds is 0. The number of hydrogen-bond acceptors (Lipinski definition) is 2. The van der Waals surface area contributed by atoms with E-state index < -0.39 is 58.3 Å². The molecular weight excluding hydrogens is 342 g/mol. The van der Waals surface area contributed by atoms with Gasteiger partial charge >= 0.3 is 23.9 Å². The molecular formula is C10F10O2. The fourth-order valence-corrected chi connectivity index (χ4v) is 1.95. The molecule has 12 heteroatoms. The van der Waals surface area contributed by atoms with Gasteiger partial charge < -0.3 is 4.74 Å². The summed E-state index contributed by atoms with van der Waals surface area (Å²) in [4.78, 5) is 11.1. The van der Waals surface area contributed by atoms with E-state index in [0.717, 1.165) is 0 Å². The van der Waals surface area contributed by atoms with Crippen LogP contribution in [0.2, 0.25) is 0 Å². The molecule has 0 radical (unpaired) electrons. The highest BCUT2D eigenvalue weighted by Crippen LogP contribution is 2.58. The summed E-state index contributed by atoms with van der Waals surface area (Å²) in [5, 5.41) is 0. The van der Waals surface area contributed by atoms with Gasteiger partial charge in [0, 0.05) is 0 Å². The van der Waals surface area contributed by atoms with E-state index in [4.69, 9.17) is 0 Å². The van der Waals surface area contributed by atoms with E-state index in [-0.39, 0.29) is 0 Å². The first kappa shape index (κ1) is 16.4. The van der Waals surface area contributed by atoms with Crippen LogP contribution in [0, 0.1) is 23.3 Å². The van der Waals surface area contributed by atoms with Crippen LogP contribution in [-0.4, -0.2) is 18.3 Å². The second-order valence-corrected chi connectivity index (χ2v) is 4.07. The van der Waals surface area contributed by atoms with Crippen LogP contribution in [0.3, 0.4) is 0 Å². The molecule has 0 bridgehead atoms. The van der Waals surface area contributed by atoms with Crippen LogP contribution in [0.4, 0.5) is 43.9 Å². The highest BCUT2D eigenvalue weighted by molar-refractivity contribution is 5.95. The Kier molecular flexibility index (Phi) is 3.17. The number of hydrogen-bond donors (Lipinski definition) is 0. The zero-order valence-electron chi connectivity index (χ0n) is 9.60. The first-order chi connectivity index (χ1) is 9.77. The lowest BCUT2D eigenvalue weighted by Crippen LogP contribution is -2.54. The molecule has 2 nitrogen and oxygen atoms in total. The minimum Gasteiger partial charge on any atom is -0.430 e. The van der Waals surface area contributed by atoms with Crippen molar-refractivity contribution in [3.05, 3.63) is 34.4 Å². The summed E-state index contributed by atoms with van der Waals surface area (Å²) in [7, 11) is 0. The number of carbonyl (C=O) groups excluding carboxylic acids is 1. The van der Waals surface area contributed by atoms with E-state index in [2.05, 4.69) is 4.74 Å². The van der Waals surface area contributed by atoms with Gasteiger partial charge in [0.05, 0.1) is 5.56 Å². The van der Waals surface area contributed by atoms with E-state index in [1.54, 1.807) is 0 Å². The molecule has 2 rings (SSSR count). The number of halogens is 10. The molecule has 0 amide bonds. The van der Waals surface area contributed by atoms with E-state index in [9.17, 15) is 48.7 Å². The number of ether oxygens (including phenoxy) is 1. The van der Waals surface area contributed by atoms with Gasteiger partial charge in [0.1, 0.15) is 5.56 Å². The van der Waals surface area contributed by atoms with Crippen molar-refractivity contribution >= 4 is 5.97 Å². The van der Waals surface area contributed by atoms with Crippen LogP contribution >= 0.6 is 0 Å². The fraction of sp³-hybridized carbons (Fsp3) is 0.300. The van der Waals surface area contributed by atoms with Crippen molar-refractivity contribution in [1.82, 2.24) is 0 Å². The highest BCUT2D eigenvalue weighted by Gasteiger charge is 2.80. The Balaban J connectivity index is 3.04. The number of carbonyl (C=O) groups is 1. The van der Waals surface area contributed by atoms with Crippen molar-refractivity contribution in [2.24, 2.45) is 0 Å². The standard InChI is InChI=1S/C10F10O2/c11-3-1-2(4(12)6(14)5(3)13)8(9(15,16)17,10(18,19)20)22-7(1)21. The zero-order chi connectivity index (χ0) is 17.2. The van der Waals surface area contributed by atoms with Crippen molar-refractivity contribution in [3.8, 4) is 0 Å².